The summed E-state index contributed by atoms with van der Waals surface area (Å²) < 4.78 is 0. The molecular weight excluding hydrogens is 432 g/mol. The molecule has 0 unspecified atom stereocenters. The third-order valence-electron chi connectivity index (χ3n) is 6.57. The van der Waals surface area contributed by atoms with Gasteiger partial charge >= 0.3 is 0 Å². The summed E-state index contributed by atoms with van der Waals surface area (Å²) in [7, 11) is 0. The third kappa shape index (κ3) is 12.6. The van der Waals surface area contributed by atoms with Gasteiger partial charge in [0.25, 0.3) is 0 Å². The molecular formula is C32H46OS. The summed E-state index contributed by atoms with van der Waals surface area (Å²) in [6, 6.07) is 16.5. The van der Waals surface area contributed by atoms with Crippen molar-refractivity contribution in [1.82, 2.24) is 0 Å². The van der Waals surface area contributed by atoms with Crippen LogP contribution in [0, 0.1) is 0 Å². The van der Waals surface area contributed by atoms with E-state index in [9.17, 15) is 4.79 Å². The van der Waals surface area contributed by atoms with E-state index in [1.165, 1.54) is 100 Å². The van der Waals surface area contributed by atoms with Gasteiger partial charge in [0.05, 0.1) is 0 Å². The minimum atomic E-state index is 0.0803. The molecule has 0 aromatic heterocycles. The molecule has 0 N–H and O–H groups in total. The van der Waals surface area contributed by atoms with Crippen molar-refractivity contribution in [3.63, 3.8) is 0 Å². The van der Waals surface area contributed by atoms with Gasteiger partial charge in [-0.15, -0.1) is 11.8 Å². The number of thioether (sulfide) groups is 1. The number of hydrogen-bond donors (Lipinski definition) is 0. The van der Waals surface area contributed by atoms with Crippen LogP contribution in [0.3, 0.4) is 0 Å². The van der Waals surface area contributed by atoms with E-state index in [0.29, 0.717) is 0 Å². The highest BCUT2D eigenvalue weighted by Gasteiger charge is 2.03. The number of carbonyl (C=O) groups is 1. The maximum atomic E-state index is 12.6. The van der Waals surface area contributed by atoms with Gasteiger partial charge in [-0.3, -0.25) is 4.79 Å². The Balaban J connectivity index is 1.55. The highest BCUT2D eigenvalue weighted by molar-refractivity contribution is 7.98. The first-order chi connectivity index (χ1) is 16.7. The molecule has 0 bridgehead atoms. The van der Waals surface area contributed by atoms with Gasteiger partial charge in [0.2, 0.25) is 0 Å². The molecule has 2 rings (SSSR count). The van der Waals surface area contributed by atoms with Crippen LogP contribution >= 0.6 is 11.8 Å². The van der Waals surface area contributed by atoms with Crippen molar-refractivity contribution in [1.29, 1.82) is 0 Å². The summed E-state index contributed by atoms with van der Waals surface area (Å²) in [5.41, 5.74) is 3.13. The van der Waals surface area contributed by atoms with Crippen molar-refractivity contribution in [2.75, 3.05) is 6.26 Å². The molecule has 0 heterocycles. The molecule has 2 heteroatoms. The lowest BCUT2D eigenvalue weighted by atomic mass is 10.0. The van der Waals surface area contributed by atoms with Gasteiger partial charge in [0.1, 0.15) is 0 Å². The first-order valence-corrected chi connectivity index (χ1v) is 14.9. The van der Waals surface area contributed by atoms with E-state index in [0.717, 1.165) is 17.5 Å². The summed E-state index contributed by atoms with van der Waals surface area (Å²) in [5.74, 6) is 0.0803. The zero-order valence-corrected chi connectivity index (χ0v) is 22.5. The lowest BCUT2D eigenvalue weighted by Crippen LogP contribution is -1.96. The lowest BCUT2D eigenvalue weighted by molar-refractivity contribution is 0.104. The molecule has 0 aliphatic rings. The van der Waals surface area contributed by atoms with Gasteiger partial charge in [-0.25, -0.2) is 0 Å². The Morgan fingerprint density at radius 3 is 1.85 bits per heavy atom. The van der Waals surface area contributed by atoms with Crippen LogP contribution < -0.4 is 0 Å². The smallest absolute Gasteiger partial charge is 0.185 e. The Hall–Kier alpha value is -1.80. The van der Waals surface area contributed by atoms with Gasteiger partial charge in [0, 0.05) is 10.5 Å². The Kier molecular flexibility index (Phi) is 15.5. The molecule has 0 saturated carbocycles. The van der Waals surface area contributed by atoms with Gasteiger partial charge in [0.15, 0.2) is 5.78 Å². The number of ketones is 1. The van der Waals surface area contributed by atoms with E-state index in [2.05, 4.69) is 49.6 Å². The van der Waals surface area contributed by atoms with Crippen LogP contribution in [0.1, 0.15) is 118 Å². The lowest BCUT2D eigenvalue weighted by Gasteiger charge is -2.05. The fraction of sp³-hybridized carbons (Fsp3) is 0.531. The van der Waals surface area contributed by atoms with Crippen LogP contribution in [0.5, 0.6) is 0 Å². The molecule has 2 aromatic rings. The molecule has 0 amide bonds. The maximum absolute atomic E-state index is 12.6. The molecule has 0 saturated heterocycles. The summed E-state index contributed by atoms with van der Waals surface area (Å²) in [5, 5.41) is 0. The van der Waals surface area contributed by atoms with E-state index in [-0.39, 0.29) is 5.78 Å². The number of hydrogen-bond acceptors (Lipinski definition) is 2. The van der Waals surface area contributed by atoms with E-state index in [1.54, 1.807) is 17.8 Å². The van der Waals surface area contributed by atoms with Gasteiger partial charge in [-0.05, 0) is 54.5 Å². The third-order valence-corrected chi connectivity index (χ3v) is 7.32. The van der Waals surface area contributed by atoms with Crippen LogP contribution in [0.25, 0.3) is 6.08 Å². The predicted octanol–water partition coefficient (Wildman–Crippen LogP) is 10.3. The highest BCUT2D eigenvalue weighted by Crippen LogP contribution is 2.17. The van der Waals surface area contributed by atoms with Crippen LogP contribution in [0.15, 0.2) is 59.5 Å². The quantitative estimate of drug-likeness (QED) is 0.0864. The molecule has 186 valence electrons. The number of benzene rings is 2. The number of allylic oxidation sites excluding steroid dienone is 1. The Bertz CT molecular complexity index is 821. The molecule has 0 spiro atoms. The van der Waals surface area contributed by atoms with Crippen molar-refractivity contribution in [3.8, 4) is 0 Å². The maximum Gasteiger partial charge on any atom is 0.185 e. The first kappa shape index (κ1) is 28.4. The van der Waals surface area contributed by atoms with Crippen molar-refractivity contribution >= 4 is 23.6 Å². The Labute approximate surface area is 213 Å². The van der Waals surface area contributed by atoms with Crippen LogP contribution in [-0.2, 0) is 6.42 Å². The van der Waals surface area contributed by atoms with E-state index in [1.807, 2.05) is 18.2 Å². The molecule has 1 nitrogen and oxygen atoms in total. The molecule has 0 radical (unpaired) electrons. The average molecular weight is 479 g/mol. The molecule has 0 fully saturated rings. The zero-order chi connectivity index (χ0) is 24.3. The van der Waals surface area contributed by atoms with Gasteiger partial charge in [-0.2, -0.15) is 0 Å². The molecule has 0 aliphatic heterocycles. The molecule has 0 atom stereocenters. The van der Waals surface area contributed by atoms with E-state index in [4.69, 9.17) is 0 Å². The fourth-order valence-corrected chi connectivity index (χ4v) is 4.80. The second-order valence-corrected chi connectivity index (χ2v) is 10.4. The Morgan fingerprint density at radius 2 is 1.29 bits per heavy atom. The topological polar surface area (TPSA) is 17.1 Å². The number of unbranched alkanes of at least 4 members (excludes halogenated alkanes) is 13. The number of rotatable bonds is 19. The van der Waals surface area contributed by atoms with E-state index < -0.39 is 0 Å². The summed E-state index contributed by atoms with van der Waals surface area (Å²) in [4.78, 5) is 13.8. The monoisotopic (exact) mass is 478 g/mol. The zero-order valence-electron chi connectivity index (χ0n) is 21.7. The normalized spacial score (nSPS) is 11.4. The van der Waals surface area contributed by atoms with Crippen molar-refractivity contribution in [2.24, 2.45) is 0 Å². The summed E-state index contributed by atoms with van der Waals surface area (Å²) in [6.45, 7) is 2.29. The SMILES string of the molecule is CCCCCCCCCCCCCCCCc1cccc(C(=O)C=Cc2ccc(SC)cc2)c1. The van der Waals surface area contributed by atoms with Crippen molar-refractivity contribution in [2.45, 2.75) is 108 Å². The van der Waals surface area contributed by atoms with Crippen molar-refractivity contribution < 1.29 is 4.79 Å². The minimum Gasteiger partial charge on any atom is -0.289 e. The predicted molar refractivity (Wildman–Crippen MR) is 152 cm³/mol. The average Bonchev–Trinajstić information content (AvgIpc) is 2.88. The molecule has 34 heavy (non-hydrogen) atoms. The van der Waals surface area contributed by atoms with Crippen molar-refractivity contribution in [3.05, 3.63) is 71.3 Å². The number of carbonyl (C=O) groups excluding carboxylic acids is 1. The van der Waals surface area contributed by atoms with Gasteiger partial charge < -0.3 is 0 Å². The first-order valence-electron chi connectivity index (χ1n) is 13.7. The number of aryl methyl sites for hydroxylation is 1. The Morgan fingerprint density at radius 1 is 0.735 bits per heavy atom. The summed E-state index contributed by atoms with van der Waals surface area (Å²) >= 11 is 1.73. The van der Waals surface area contributed by atoms with Crippen LogP contribution in [0.4, 0.5) is 0 Å². The van der Waals surface area contributed by atoms with E-state index >= 15 is 0 Å². The fourth-order valence-electron chi connectivity index (χ4n) is 4.39. The minimum absolute atomic E-state index is 0.0803. The second-order valence-electron chi connectivity index (χ2n) is 9.52. The standard InChI is InChI=1S/C32H46OS/c1-3-4-5-6-7-8-9-10-11-12-13-14-15-16-18-29-19-17-20-30(27-29)32(33)26-23-28-21-24-31(34-2)25-22-28/h17,19-27H,3-16,18H2,1-2H3. The second kappa shape index (κ2) is 18.5. The van der Waals surface area contributed by atoms with Gasteiger partial charge in [-0.1, -0.05) is 127 Å². The summed E-state index contributed by atoms with van der Waals surface area (Å²) in [6.07, 6.45) is 26.1. The van der Waals surface area contributed by atoms with Crippen LogP contribution in [-0.4, -0.2) is 12.0 Å². The molecule has 0 aliphatic carbocycles. The van der Waals surface area contributed by atoms with Crippen LogP contribution in [0.2, 0.25) is 0 Å². The highest BCUT2D eigenvalue weighted by atomic mass is 32.2. The molecule has 2 aromatic carbocycles. The largest absolute Gasteiger partial charge is 0.289 e.